The molecule has 0 aliphatic carbocycles. The first-order chi connectivity index (χ1) is 9.40. The summed E-state index contributed by atoms with van der Waals surface area (Å²) in [5.74, 6) is 0.645. The Balaban J connectivity index is 2.89. The van der Waals surface area contributed by atoms with Crippen molar-refractivity contribution >= 4 is 11.2 Å². The van der Waals surface area contributed by atoms with Crippen LogP contribution in [0.2, 0.25) is 0 Å². The van der Waals surface area contributed by atoms with E-state index in [9.17, 15) is 9.59 Å². The Morgan fingerprint density at radius 2 is 1.90 bits per heavy atom. The molecule has 2 aromatic heterocycles. The lowest BCUT2D eigenvalue weighted by atomic mass is 10.3. The topological polar surface area (TPSA) is 87.8 Å². The van der Waals surface area contributed by atoms with E-state index >= 15 is 0 Å². The van der Waals surface area contributed by atoms with Gasteiger partial charge in [0.1, 0.15) is 5.82 Å². The van der Waals surface area contributed by atoms with Crippen molar-refractivity contribution in [2.24, 2.45) is 19.8 Å². The molecule has 0 aromatic carbocycles. The number of imidazole rings is 1. The molecule has 0 saturated carbocycles. The van der Waals surface area contributed by atoms with Crippen LogP contribution in [0.1, 0.15) is 38.6 Å². The first-order valence-electron chi connectivity index (χ1n) is 6.81. The van der Waals surface area contributed by atoms with Crippen molar-refractivity contribution in [2.75, 3.05) is 0 Å². The van der Waals surface area contributed by atoms with Gasteiger partial charge in [-0.15, -0.1) is 0 Å². The highest BCUT2D eigenvalue weighted by Crippen LogP contribution is 2.16. The van der Waals surface area contributed by atoms with Gasteiger partial charge in [0.15, 0.2) is 11.2 Å². The number of fused-ring (bicyclic) bond motifs is 1. The zero-order valence-electron chi connectivity index (χ0n) is 12.4. The molecule has 110 valence electrons. The van der Waals surface area contributed by atoms with Crippen molar-refractivity contribution in [3.8, 4) is 0 Å². The second-order valence-corrected chi connectivity index (χ2v) is 5.14. The van der Waals surface area contributed by atoms with E-state index in [1.165, 1.54) is 11.6 Å². The lowest BCUT2D eigenvalue weighted by Gasteiger charge is -2.10. The molecular weight excluding hydrogens is 258 g/mol. The summed E-state index contributed by atoms with van der Waals surface area (Å²) in [6.45, 7) is 4.59. The van der Waals surface area contributed by atoms with Gasteiger partial charge >= 0.3 is 5.69 Å². The van der Waals surface area contributed by atoms with Crippen LogP contribution >= 0.6 is 0 Å². The van der Waals surface area contributed by atoms with Gasteiger partial charge in [0, 0.05) is 20.6 Å². The van der Waals surface area contributed by atoms with Crippen molar-refractivity contribution in [3.05, 3.63) is 26.7 Å². The molecule has 0 saturated heterocycles. The highest BCUT2D eigenvalue weighted by molar-refractivity contribution is 5.71. The van der Waals surface area contributed by atoms with Gasteiger partial charge in [-0.25, -0.2) is 9.78 Å². The summed E-state index contributed by atoms with van der Waals surface area (Å²) in [7, 11) is 3.10. The van der Waals surface area contributed by atoms with E-state index in [0.29, 0.717) is 23.5 Å². The van der Waals surface area contributed by atoms with Crippen molar-refractivity contribution in [2.45, 2.75) is 39.3 Å². The van der Waals surface area contributed by atoms with Gasteiger partial charge in [-0.1, -0.05) is 13.3 Å². The van der Waals surface area contributed by atoms with Gasteiger partial charge in [0.25, 0.3) is 5.56 Å². The number of rotatable bonds is 4. The third-order valence-corrected chi connectivity index (χ3v) is 3.52. The third-order valence-electron chi connectivity index (χ3n) is 3.52. The van der Waals surface area contributed by atoms with E-state index in [2.05, 4.69) is 11.9 Å². The summed E-state index contributed by atoms with van der Waals surface area (Å²) in [4.78, 5) is 28.7. The largest absolute Gasteiger partial charge is 0.332 e. The van der Waals surface area contributed by atoms with Crippen molar-refractivity contribution < 1.29 is 0 Å². The first-order valence-corrected chi connectivity index (χ1v) is 6.81. The Bertz CT molecular complexity index is 751. The standard InChI is InChI=1S/C13H21N5O2/c1-5-6-7-18-9-11(15-10(18)8(2)14)16(3)13(20)17(4)12(9)19/h8H,5-7,14H2,1-4H3. The summed E-state index contributed by atoms with van der Waals surface area (Å²) < 4.78 is 4.35. The fraction of sp³-hybridized carbons (Fsp3) is 0.615. The summed E-state index contributed by atoms with van der Waals surface area (Å²) in [5, 5.41) is 0. The Morgan fingerprint density at radius 3 is 2.45 bits per heavy atom. The highest BCUT2D eigenvalue weighted by atomic mass is 16.2. The SMILES string of the molecule is CCCCn1c(C(C)N)nc2c1c(=O)n(C)c(=O)n2C. The van der Waals surface area contributed by atoms with Crippen LogP contribution in [0.25, 0.3) is 11.2 Å². The zero-order valence-corrected chi connectivity index (χ0v) is 12.4. The second-order valence-electron chi connectivity index (χ2n) is 5.14. The number of aromatic nitrogens is 4. The molecular formula is C13H21N5O2. The molecule has 2 rings (SSSR count). The molecule has 1 atom stereocenters. The molecule has 2 aromatic rings. The van der Waals surface area contributed by atoms with E-state index in [0.717, 1.165) is 17.4 Å². The molecule has 0 bridgehead atoms. The zero-order chi connectivity index (χ0) is 15.0. The predicted molar refractivity (Wildman–Crippen MR) is 77.7 cm³/mol. The van der Waals surface area contributed by atoms with Gasteiger partial charge < -0.3 is 10.3 Å². The van der Waals surface area contributed by atoms with Crippen LogP contribution in [0.3, 0.4) is 0 Å². The quantitative estimate of drug-likeness (QED) is 0.869. The molecule has 0 spiro atoms. The number of nitrogens with zero attached hydrogens (tertiary/aromatic N) is 4. The van der Waals surface area contributed by atoms with E-state index < -0.39 is 0 Å². The van der Waals surface area contributed by atoms with E-state index in [4.69, 9.17) is 5.73 Å². The predicted octanol–water partition coefficient (Wildman–Crippen LogP) is 0.254. The molecule has 2 N–H and O–H groups in total. The number of hydrogen-bond acceptors (Lipinski definition) is 4. The maximum absolute atomic E-state index is 12.4. The number of nitrogens with two attached hydrogens (primary N) is 1. The minimum absolute atomic E-state index is 0.293. The molecule has 0 radical (unpaired) electrons. The molecule has 7 nitrogen and oxygen atoms in total. The van der Waals surface area contributed by atoms with Gasteiger partial charge in [0.2, 0.25) is 0 Å². The molecule has 0 amide bonds. The average Bonchev–Trinajstić information content (AvgIpc) is 2.80. The molecule has 0 fully saturated rings. The average molecular weight is 279 g/mol. The molecule has 0 aliphatic rings. The molecule has 2 heterocycles. The summed E-state index contributed by atoms with van der Waals surface area (Å²) in [6.07, 6.45) is 1.93. The van der Waals surface area contributed by atoms with E-state index in [1.54, 1.807) is 7.05 Å². The molecule has 7 heteroatoms. The lowest BCUT2D eigenvalue weighted by molar-refractivity contribution is 0.585. The van der Waals surface area contributed by atoms with E-state index in [1.807, 2.05) is 11.5 Å². The van der Waals surface area contributed by atoms with Gasteiger partial charge in [-0.2, -0.15) is 0 Å². The van der Waals surface area contributed by atoms with Crippen molar-refractivity contribution in [1.29, 1.82) is 0 Å². The molecule has 0 aliphatic heterocycles. The second kappa shape index (κ2) is 5.24. The molecule has 20 heavy (non-hydrogen) atoms. The highest BCUT2D eigenvalue weighted by Gasteiger charge is 2.20. The van der Waals surface area contributed by atoms with Crippen molar-refractivity contribution in [1.82, 2.24) is 18.7 Å². The first kappa shape index (κ1) is 14.5. The van der Waals surface area contributed by atoms with Crippen LogP contribution in [-0.2, 0) is 20.6 Å². The summed E-state index contributed by atoms with van der Waals surface area (Å²) in [6, 6.07) is -0.293. The Hall–Kier alpha value is -1.89. The summed E-state index contributed by atoms with van der Waals surface area (Å²) >= 11 is 0. The Morgan fingerprint density at radius 1 is 1.25 bits per heavy atom. The fourth-order valence-corrected chi connectivity index (χ4v) is 2.35. The Labute approximate surface area is 116 Å². The maximum Gasteiger partial charge on any atom is 0.332 e. The fourth-order valence-electron chi connectivity index (χ4n) is 2.35. The number of hydrogen-bond donors (Lipinski definition) is 1. The summed E-state index contributed by atoms with van der Waals surface area (Å²) in [5.41, 5.74) is 6.11. The van der Waals surface area contributed by atoms with Crippen LogP contribution in [0.15, 0.2) is 9.59 Å². The lowest BCUT2D eigenvalue weighted by Crippen LogP contribution is -2.37. The number of unbranched alkanes of at least 4 members (excludes halogenated alkanes) is 1. The third kappa shape index (κ3) is 2.07. The normalized spacial score (nSPS) is 13.1. The van der Waals surface area contributed by atoms with Crippen LogP contribution in [0, 0.1) is 0 Å². The van der Waals surface area contributed by atoms with Crippen LogP contribution in [-0.4, -0.2) is 18.7 Å². The van der Waals surface area contributed by atoms with Gasteiger partial charge in [-0.05, 0) is 13.3 Å². The van der Waals surface area contributed by atoms with Crippen LogP contribution in [0.5, 0.6) is 0 Å². The van der Waals surface area contributed by atoms with Crippen molar-refractivity contribution in [3.63, 3.8) is 0 Å². The Kier molecular flexibility index (Phi) is 3.80. The maximum atomic E-state index is 12.4. The van der Waals surface area contributed by atoms with Crippen LogP contribution < -0.4 is 17.0 Å². The molecule has 1 unspecified atom stereocenters. The minimum atomic E-state index is -0.376. The van der Waals surface area contributed by atoms with Gasteiger partial charge in [-0.3, -0.25) is 13.9 Å². The minimum Gasteiger partial charge on any atom is -0.322 e. The monoisotopic (exact) mass is 279 g/mol. The smallest absolute Gasteiger partial charge is 0.322 e. The van der Waals surface area contributed by atoms with Crippen LogP contribution in [0.4, 0.5) is 0 Å². The van der Waals surface area contributed by atoms with Gasteiger partial charge in [0.05, 0.1) is 6.04 Å². The van der Waals surface area contributed by atoms with E-state index in [-0.39, 0.29) is 17.3 Å². The number of aryl methyl sites for hydroxylation is 2.